The van der Waals surface area contributed by atoms with E-state index in [9.17, 15) is 5.11 Å². The molecular formula is C45H28N4NiO. The smallest absolute Gasteiger partial charge is 0.877 e. The van der Waals surface area contributed by atoms with Crippen LogP contribution in [0.3, 0.4) is 0 Å². The Morgan fingerprint density at radius 2 is 0.882 bits per heavy atom. The Morgan fingerprint density at radius 1 is 0.451 bits per heavy atom. The van der Waals surface area contributed by atoms with Crippen molar-refractivity contribution >= 4 is 39.4 Å². The maximum absolute atomic E-state index is 12.9. The molecule has 244 valence electrons. The minimum absolute atomic E-state index is 0. The molecule has 4 aliphatic rings. The van der Waals surface area contributed by atoms with E-state index >= 15 is 0 Å². The molecular weight excluding hydrogens is 671 g/mol. The van der Waals surface area contributed by atoms with Crippen molar-refractivity contribution in [3.63, 3.8) is 0 Å². The van der Waals surface area contributed by atoms with Gasteiger partial charge >= 0.3 is 16.5 Å². The zero-order valence-electron chi connectivity index (χ0n) is 27.2. The van der Waals surface area contributed by atoms with E-state index < -0.39 is 0 Å². The molecule has 0 N–H and O–H groups in total. The number of hydrogen-bond donors (Lipinski definition) is 0. The number of fused-ring (bicyclic) bond motifs is 5. The summed E-state index contributed by atoms with van der Waals surface area (Å²) < 4.78 is 0. The molecule has 0 saturated heterocycles. The summed E-state index contributed by atoms with van der Waals surface area (Å²) in [6.45, 7) is 0. The largest absolute Gasteiger partial charge is 2.00 e. The number of hydrogen-bond acceptors (Lipinski definition) is 4. The first-order valence-corrected chi connectivity index (χ1v) is 16.5. The van der Waals surface area contributed by atoms with Crippen LogP contribution < -0.4 is 20.8 Å². The molecule has 1 aromatic heterocycles. The molecule has 0 unspecified atom stereocenters. The molecule has 5 aromatic rings. The SMILES string of the molecule is [Ni+2].[O-]C=C1C=C2N=C1C(c1ccccc1)=c1ccc([n-]1)=C(c1ccccc1)C1=NC(=C(c3ccccc3)C3=NC(=C2c2ccccc2)C=C3)C=C1. The van der Waals surface area contributed by atoms with E-state index in [0.29, 0.717) is 17.0 Å². The van der Waals surface area contributed by atoms with Crippen LogP contribution in [0.2, 0.25) is 0 Å². The van der Waals surface area contributed by atoms with Crippen LogP contribution in [0.5, 0.6) is 0 Å². The van der Waals surface area contributed by atoms with Crippen LogP contribution >= 0.6 is 0 Å². The van der Waals surface area contributed by atoms with Crippen molar-refractivity contribution in [3.8, 4) is 0 Å². The molecule has 4 aromatic carbocycles. The zero-order chi connectivity index (χ0) is 33.4. The quantitative estimate of drug-likeness (QED) is 0.159. The van der Waals surface area contributed by atoms with Crippen LogP contribution in [0, 0.1) is 0 Å². The Hall–Kier alpha value is -6.36. The predicted molar refractivity (Wildman–Crippen MR) is 200 cm³/mol. The molecule has 5 nitrogen and oxygen atoms in total. The monoisotopic (exact) mass is 698 g/mol. The van der Waals surface area contributed by atoms with Gasteiger partial charge in [0, 0.05) is 11.1 Å². The van der Waals surface area contributed by atoms with Gasteiger partial charge in [-0.1, -0.05) is 133 Å². The second kappa shape index (κ2) is 13.5. The van der Waals surface area contributed by atoms with Crippen molar-refractivity contribution in [2.45, 2.75) is 0 Å². The average Bonchev–Trinajstić information content (AvgIpc) is 4.00. The number of benzene rings is 4. The molecule has 0 atom stereocenters. The first-order valence-electron chi connectivity index (χ1n) is 16.5. The fraction of sp³-hybridized carbons (Fsp3) is 0. The second-order valence-electron chi connectivity index (χ2n) is 12.2. The summed E-state index contributed by atoms with van der Waals surface area (Å²) in [5, 5.41) is 14.4. The maximum Gasteiger partial charge on any atom is 2.00 e. The number of aliphatic imine (C=N–C) groups is 3. The van der Waals surface area contributed by atoms with Crippen molar-refractivity contribution in [1.29, 1.82) is 0 Å². The van der Waals surface area contributed by atoms with E-state index in [1.807, 2.05) is 115 Å². The number of nitrogens with zero attached hydrogens (tertiary/aromatic N) is 4. The molecule has 4 aliphatic heterocycles. The maximum atomic E-state index is 12.9. The van der Waals surface area contributed by atoms with Crippen molar-refractivity contribution in [3.05, 3.63) is 226 Å². The number of allylic oxidation sites excluding steroid dienone is 8. The molecule has 0 fully saturated rings. The summed E-state index contributed by atoms with van der Waals surface area (Å²) in [5.41, 5.74) is 12.2. The van der Waals surface area contributed by atoms with E-state index in [0.717, 1.165) is 84.3 Å². The van der Waals surface area contributed by atoms with Gasteiger partial charge in [-0.05, 0) is 69.4 Å². The number of aromatic nitrogens is 1. The fourth-order valence-electron chi connectivity index (χ4n) is 6.88. The summed E-state index contributed by atoms with van der Waals surface area (Å²) in [4.78, 5) is 21.1. The Labute approximate surface area is 305 Å². The third kappa shape index (κ3) is 5.76. The van der Waals surface area contributed by atoms with Gasteiger partial charge < -0.3 is 10.1 Å². The summed E-state index contributed by atoms with van der Waals surface area (Å²) in [6.07, 6.45) is 11.0. The van der Waals surface area contributed by atoms with Crippen LogP contribution in [0.1, 0.15) is 22.3 Å². The molecule has 9 rings (SSSR count). The van der Waals surface area contributed by atoms with E-state index in [4.69, 9.17) is 20.0 Å². The van der Waals surface area contributed by atoms with Gasteiger partial charge in [-0.25, -0.2) is 15.0 Å². The zero-order valence-corrected chi connectivity index (χ0v) is 28.2. The first-order chi connectivity index (χ1) is 24.7. The minimum atomic E-state index is 0. The average molecular weight is 699 g/mol. The third-order valence-corrected chi connectivity index (χ3v) is 9.12. The van der Waals surface area contributed by atoms with Gasteiger partial charge in [0.1, 0.15) is 0 Å². The van der Waals surface area contributed by atoms with E-state index in [1.54, 1.807) is 0 Å². The third-order valence-electron chi connectivity index (χ3n) is 9.12. The van der Waals surface area contributed by atoms with Crippen LogP contribution in [-0.4, -0.2) is 17.1 Å². The Bertz CT molecular complexity index is 2600. The summed E-state index contributed by atoms with van der Waals surface area (Å²) in [7, 11) is 0. The fourth-order valence-corrected chi connectivity index (χ4v) is 6.88. The standard InChI is InChI=1S/C45H29N4O.Ni/c50-28-33-27-40-43(31-17-9-3-10-18-31)38-24-23-36(47-38)41(29-13-5-1-6-14-29)34-21-22-35(46-34)42(30-15-7-2-8-16-30)37-25-26-39(48-37)44(45(33)49-40)32-19-11-4-12-20-32;/h1-28H,(H-,46,47,48,49,50);/q-1;+2/p-1. The topological polar surface area (TPSA) is 74.2 Å². The molecule has 0 radical (unpaired) electrons. The van der Waals surface area contributed by atoms with Gasteiger partial charge in [0.15, 0.2) is 0 Å². The van der Waals surface area contributed by atoms with E-state index in [-0.39, 0.29) is 16.5 Å². The molecule has 0 amide bonds. The van der Waals surface area contributed by atoms with E-state index in [1.165, 1.54) is 0 Å². The van der Waals surface area contributed by atoms with Crippen molar-refractivity contribution in [1.82, 2.24) is 4.98 Å². The summed E-state index contributed by atoms with van der Waals surface area (Å²) in [6, 6.07) is 44.7. The van der Waals surface area contributed by atoms with Gasteiger partial charge in [-0.15, -0.1) is 17.0 Å². The molecule has 0 aliphatic carbocycles. The van der Waals surface area contributed by atoms with Crippen LogP contribution in [0.15, 0.2) is 208 Å². The van der Waals surface area contributed by atoms with Crippen molar-refractivity contribution in [2.24, 2.45) is 15.0 Å². The Morgan fingerprint density at radius 3 is 1.41 bits per heavy atom. The molecule has 6 heteroatoms. The van der Waals surface area contributed by atoms with Gasteiger partial charge in [0.2, 0.25) is 0 Å². The van der Waals surface area contributed by atoms with Crippen LogP contribution in [-0.2, 0) is 16.5 Å². The molecule has 8 bridgehead atoms. The van der Waals surface area contributed by atoms with Gasteiger partial charge in [-0.2, -0.15) is 0 Å². The predicted octanol–water partition coefficient (Wildman–Crippen LogP) is 6.48. The number of rotatable bonds is 4. The van der Waals surface area contributed by atoms with Crippen LogP contribution in [0.4, 0.5) is 0 Å². The Balaban J connectivity index is 0.00000374. The van der Waals surface area contributed by atoms with Crippen molar-refractivity contribution < 1.29 is 21.6 Å². The van der Waals surface area contributed by atoms with Crippen LogP contribution in [0.25, 0.3) is 22.3 Å². The van der Waals surface area contributed by atoms with Gasteiger partial charge in [0.25, 0.3) is 0 Å². The van der Waals surface area contributed by atoms with Crippen molar-refractivity contribution in [2.75, 3.05) is 0 Å². The van der Waals surface area contributed by atoms with E-state index in [2.05, 4.69) is 48.6 Å². The second-order valence-corrected chi connectivity index (χ2v) is 12.2. The molecule has 51 heavy (non-hydrogen) atoms. The molecule has 0 spiro atoms. The summed E-state index contributed by atoms with van der Waals surface area (Å²) in [5.74, 6) is 0. The normalized spacial score (nSPS) is 17.1. The summed E-state index contributed by atoms with van der Waals surface area (Å²) >= 11 is 0. The Kier molecular flexibility index (Phi) is 8.45. The minimum Gasteiger partial charge on any atom is -0.877 e. The van der Waals surface area contributed by atoms with Gasteiger partial charge in [-0.3, -0.25) is 0 Å². The molecule has 5 heterocycles. The first kappa shape index (κ1) is 31.9. The van der Waals surface area contributed by atoms with Gasteiger partial charge in [0.05, 0.1) is 34.2 Å². The molecule has 0 saturated carbocycles.